The first kappa shape index (κ1) is 10.3. The Hall–Kier alpha value is 0.240. The van der Waals surface area contributed by atoms with E-state index < -0.39 is 9.05 Å². The minimum Gasteiger partial charge on any atom is -0.212 e. The first-order chi connectivity index (χ1) is 5.58. The van der Waals surface area contributed by atoms with E-state index in [0.717, 1.165) is 25.7 Å². The zero-order valence-electron chi connectivity index (χ0n) is 7.13. The van der Waals surface area contributed by atoms with Crippen LogP contribution in [0, 0.1) is 5.92 Å². The van der Waals surface area contributed by atoms with E-state index in [2.05, 4.69) is 0 Å². The molecule has 0 aromatic rings. The van der Waals surface area contributed by atoms with Gasteiger partial charge in [-0.25, -0.2) is 8.42 Å². The van der Waals surface area contributed by atoms with Gasteiger partial charge in [-0.1, -0.05) is 25.7 Å². The molecule has 0 bridgehead atoms. The molecule has 0 aliphatic heterocycles. The number of hydrogen-bond acceptors (Lipinski definition) is 2. The van der Waals surface area contributed by atoms with Crippen LogP contribution in [0.25, 0.3) is 0 Å². The molecule has 0 aromatic heterocycles. The molecule has 0 N–H and O–H groups in total. The lowest BCUT2D eigenvalue weighted by atomic mass is 10.0. The fraction of sp³-hybridized carbons (Fsp3) is 1.00. The zero-order valence-corrected chi connectivity index (χ0v) is 8.70. The average molecular weight is 211 g/mol. The summed E-state index contributed by atoms with van der Waals surface area (Å²) in [6.07, 6.45) is 6.89. The van der Waals surface area contributed by atoms with Gasteiger partial charge in [0.1, 0.15) is 0 Å². The summed E-state index contributed by atoms with van der Waals surface area (Å²) in [5, 5.41) is 0. The van der Waals surface area contributed by atoms with Crippen molar-refractivity contribution in [1.82, 2.24) is 0 Å². The lowest BCUT2D eigenvalue weighted by Gasteiger charge is -2.10. The molecule has 0 spiro atoms. The summed E-state index contributed by atoms with van der Waals surface area (Å²) in [6.45, 7) is 0. The number of hydrogen-bond donors (Lipinski definition) is 0. The average Bonchev–Trinajstić information content (AvgIpc) is 2.12. The SMILES string of the molecule is O=S(=O)(Cl)CC1CCCCCC1. The molecule has 0 radical (unpaired) electrons. The first-order valence-corrected chi connectivity index (χ1v) is 6.98. The van der Waals surface area contributed by atoms with Crippen LogP contribution >= 0.6 is 10.7 Å². The largest absolute Gasteiger partial charge is 0.232 e. The lowest BCUT2D eigenvalue weighted by molar-refractivity contribution is 0.498. The maximum absolute atomic E-state index is 10.8. The highest BCUT2D eigenvalue weighted by molar-refractivity contribution is 8.13. The summed E-state index contributed by atoms with van der Waals surface area (Å²) < 4.78 is 21.6. The van der Waals surface area contributed by atoms with Gasteiger partial charge in [-0.15, -0.1) is 0 Å². The summed E-state index contributed by atoms with van der Waals surface area (Å²) in [4.78, 5) is 0. The molecule has 0 atom stereocenters. The van der Waals surface area contributed by atoms with Gasteiger partial charge in [0.05, 0.1) is 5.75 Å². The summed E-state index contributed by atoms with van der Waals surface area (Å²) in [7, 11) is 1.92. The fourth-order valence-corrected chi connectivity index (χ4v) is 3.24. The normalized spacial score (nSPS) is 22.1. The van der Waals surface area contributed by atoms with Crippen molar-refractivity contribution in [3.05, 3.63) is 0 Å². The standard InChI is InChI=1S/C8H15ClO2S/c9-12(10,11)7-8-5-3-1-2-4-6-8/h8H,1-7H2. The molecule has 2 nitrogen and oxygen atoms in total. The van der Waals surface area contributed by atoms with Crippen molar-refractivity contribution in [1.29, 1.82) is 0 Å². The van der Waals surface area contributed by atoms with Gasteiger partial charge < -0.3 is 0 Å². The summed E-state index contributed by atoms with van der Waals surface area (Å²) in [5.74, 6) is 0.490. The highest BCUT2D eigenvalue weighted by Gasteiger charge is 2.18. The van der Waals surface area contributed by atoms with E-state index in [-0.39, 0.29) is 5.75 Å². The highest BCUT2D eigenvalue weighted by Crippen LogP contribution is 2.24. The Bertz CT molecular complexity index is 215. The van der Waals surface area contributed by atoms with Crippen LogP contribution < -0.4 is 0 Å². The smallest absolute Gasteiger partial charge is 0.212 e. The van der Waals surface area contributed by atoms with Crippen LogP contribution in [0.4, 0.5) is 0 Å². The molecule has 0 saturated heterocycles. The van der Waals surface area contributed by atoms with Gasteiger partial charge in [-0.3, -0.25) is 0 Å². The van der Waals surface area contributed by atoms with Gasteiger partial charge in [-0.05, 0) is 18.8 Å². The molecule has 1 aliphatic carbocycles. The molecule has 0 amide bonds. The molecule has 72 valence electrons. The summed E-state index contributed by atoms with van der Waals surface area (Å²) in [5.41, 5.74) is 0. The van der Waals surface area contributed by atoms with Gasteiger partial charge in [0, 0.05) is 10.7 Å². The third-order valence-electron chi connectivity index (χ3n) is 2.41. The first-order valence-electron chi connectivity index (χ1n) is 4.50. The van der Waals surface area contributed by atoms with E-state index in [0.29, 0.717) is 5.92 Å². The molecule has 1 fully saturated rings. The maximum Gasteiger partial charge on any atom is 0.232 e. The second kappa shape index (κ2) is 4.47. The van der Waals surface area contributed by atoms with Crippen LogP contribution in [0.15, 0.2) is 0 Å². The van der Waals surface area contributed by atoms with Crippen LogP contribution in [-0.2, 0) is 9.05 Å². The monoisotopic (exact) mass is 210 g/mol. The Balaban J connectivity index is 2.40. The summed E-state index contributed by atoms with van der Waals surface area (Å²) >= 11 is 0. The predicted molar refractivity (Wildman–Crippen MR) is 50.8 cm³/mol. The van der Waals surface area contributed by atoms with Crippen molar-refractivity contribution in [3.8, 4) is 0 Å². The van der Waals surface area contributed by atoms with Crippen molar-refractivity contribution < 1.29 is 8.42 Å². The van der Waals surface area contributed by atoms with Crippen molar-refractivity contribution >= 4 is 19.7 Å². The van der Waals surface area contributed by atoms with Crippen LogP contribution in [0.1, 0.15) is 38.5 Å². The zero-order chi connectivity index (χ0) is 9.03. The second-order valence-electron chi connectivity index (χ2n) is 3.56. The molecular formula is C8H15ClO2S. The van der Waals surface area contributed by atoms with E-state index in [9.17, 15) is 8.42 Å². The lowest BCUT2D eigenvalue weighted by Crippen LogP contribution is -2.10. The molecule has 0 aromatic carbocycles. The number of rotatable bonds is 2. The van der Waals surface area contributed by atoms with Crippen molar-refractivity contribution in [2.75, 3.05) is 5.75 Å². The van der Waals surface area contributed by atoms with Crippen LogP contribution in [0.5, 0.6) is 0 Å². The summed E-state index contributed by atoms with van der Waals surface area (Å²) in [6, 6.07) is 0. The molecule has 1 saturated carbocycles. The van der Waals surface area contributed by atoms with Crippen molar-refractivity contribution in [2.45, 2.75) is 38.5 Å². The molecular weight excluding hydrogens is 196 g/mol. The van der Waals surface area contributed by atoms with Crippen LogP contribution in [0.2, 0.25) is 0 Å². The van der Waals surface area contributed by atoms with E-state index in [4.69, 9.17) is 10.7 Å². The topological polar surface area (TPSA) is 34.1 Å². The van der Waals surface area contributed by atoms with E-state index in [1.54, 1.807) is 0 Å². The third kappa shape index (κ3) is 4.31. The Morgan fingerprint density at radius 2 is 1.58 bits per heavy atom. The van der Waals surface area contributed by atoms with E-state index in [1.807, 2.05) is 0 Å². The molecule has 0 unspecified atom stereocenters. The van der Waals surface area contributed by atoms with Gasteiger partial charge in [0.2, 0.25) is 9.05 Å². The maximum atomic E-state index is 10.8. The Morgan fingerprint density at radius 1 is 1.08 bits per heavy atom. The van der Waals surface area contributed by atoms with Gasteiger partial charge in [0.25, 0.3) is 0 Å². The minimum absolute atomic E-state index is 0.175. The second-order valence-corrected chi connectivity index (χ2v) is 6.38. The Kier molecular flexibility index (Phi) is 3.84. The number of halogens is 1. The molecule has 12 heavy (non-hydrogen) atoms. The molecule has 1 rings (SSSR count). The van der Waals surface area contributed by atoms with E-state index >= 15 is 0 Å². The molecule has 4 heteroatoms. The van der Waals surface area contributed by atoms with Crippen LogP contribution in [0.3, 0.4) is 0 Å². The fourth-order valence-electron chi connectivity index (χ4n) is 1.81. The molecule has 1 aliphatic rings. The van der Waals surface area contributed by atoms with Gasteiger partial charge in [-0.2, -0.15) is 0 Å². The Morgan fingerprint density at radius 3 is 2.00 bits per heavy atom. The van der Waals surface area contributed by atoms with Gasteiger partial charge in [0.15, 0.2) is 0 Å². The third-order valence-corrected chi connectivity index (χ3v) is 3.66. The van der Waals surface area contributed by atoms with E-state index in [1.165, 1.54) is 12.8 Å². The predicted octanol–water partition coefficient (Wildman–Crippen LogP) is 2.53. The highest BCUT2D eigenvalue weighted by atomic mass is 35.7. The Labute approximate surface area is 78.7 Å². The quantitative estimate of drug-likeness (QED) is 0.519. The molecule has 0 heterocycles. The minimum atomic E-state index is -3.27. The van der Waals surface area contributed by atoms with Gasteiger partial charge >= 0.3 is 0 Å². The van der Waals surface area contributed by atoms with Crippen molar-refractivity contribution in [3.63, 3.8) is 0 Å². The van der Waals surface area contributed by atoms with Crippen molar-refractivity contribution in [2.24, 2.45) is 5.92 Å². The van der Waals surface area contributed by atoms with Crippen LogP contribution in [-0.4, -0.2) is 14.2 Å².